The SMILES string of the molecule is Cc1ccc(CC2CCCN2)c2c1CCC2. The van der Waals surface area contributed by atoms with Crippen LogP contribution < -0.4 is 5.32 Å². The number of hydrogen-bond acceptors (Lipinski definition) is 1. The van der Waals surface area contributed by atoms with Crippen LogP contribution in [0.5, 0.6) is 0 Å². The van der Waals surface area contributed by atoms with Crippen LogP contribution in [0.3, 0.4) is 0 Å². The van der Waals surface area contributed by atoms with E-state index in [9.17, 15) is 0 Å². The average Bonchev–Trinajstić information content (AvgIpc) is 2.92. The topological polar surface area (TPSA) is 12.0 Å². The van der Waals surface area contributed by atoms with Gasteiger partial charge in [-0.1, -0.05) is 12.1 Å². The number of nitrogens with one attached hydrogen (secondary N) is 1. The maximum Gasteiger partial charge on any atom is 0.0108 e. The zero-order chi connectivity index (χ0) is 11.0. The first-order valence-corrected chi connectivity index (χ1v) is 6.68. The standard InChI is InChI=1S/C15H21N/c1-11-7-8-12(10-13-4-3-9-16-13)15-6-2-5-14(11)15/h7-8,13,16H,2-6,9-10H2,1H3. The van der Waals surface area contributed by atoms with Crippen molar-refractivity contribution in [2.24, 2.45) is 0 Å². The normalized spacial score (nSPS) is 23.7. The first-order valence-electron chi connectivity index (χ1n) is 6.68. The van der Waals surface area contributed by atoms with Gasteiger partial charge in [-0.3, -0.25) is 0 Å². The molecule has 16 heavy (non-hydrogen) atoms. The fourth-order valence-electron chi connectivity index (χ4n) is 3.35. The minimum absolute atomic E-state index is 0.743. The third-order valence-corrected chi connectivity index (χ3v) is 4.24. The van der Waals surface area contributed by atoms with E-state index < -0.39 is 0 Å². The highest BCUT2D eigenvalue weighted by atomic mass is 14.9. The Labute approximate surface area is 98.3 Å². The summed E-state index contributed by atoms with van der Waals surface area (Å²) in [6.45, 7) is 3.49. The van der Waals surface area contributed by atoms with E-state index in [1.54, 1.807) is 16.7 Å². The summed E-state index contributed by atoms with van der Waals surface area (Å²) in [5, 5.41) is 3.61. The van der Waals surface area contributed by atoms with Crippen molar-refractivity contribution in [2.75, 3.05) is 6.54 Å². The van der Waals surface area contributed by atoms with Gasteiger partial charge in [0.15, 0.2) is 0 Å². The molecule has 1 aliphatic carbocycles. The molecule has 1 nitrogen and oxygen atoms in total. The lowest BCUT2D eigenvalue weighted by molar-refractivity contribution is 0.600. The number of aryl methyl sites for hydroxylation is 1. The monoisotopic (exact) mass is 215 g/mol. The number of fused-ring (bicyclic) bond motifs is 1. The van der Waals surface area contributed by atoms with Crippen LogP contribution in [0, 0.1) is 6.92 Å². The Morgan fingerprint density at radius 2 is 2.06 bits per heavy atom. The molecule has 2 aliphatic rings. The highest BCUT2D eigenvalue weighted by molar-refractivity contribution is 5.43. The second-order valence-electron chi connectivity index (χ2n) is 5.35. The van der Waals surface area contributed by atoms with Gasteiger partial charge < -0.3 is 5.32 Å². The molecule has 0 bridgehead atoms. The smallest absolute Gasteiger partial charge is 0.0108 e. The van der Waals surface area contributed by atoms with E-state index in [1.807, 2.05) is 0 Å². The molecule has 1 aliphatic heterocycles. The van der Waals surface area contributed by atoms with E-state index in [4.69, 9.17) is 0 Å². The van der Waals surface area contributed by atoms with Gasteiger partial charge in [-0.15, -0.1) is 0 Å². The van der Waals surface area contributed by atoms with Crippen molar-refractivity contribution in [2.45, 2.75) is 51.5 Å². The van der Waals surface area contributed by atoms with Crippen LogP contribution in [0.15, 0.2) is 12.1 Å². The molecule has 1 aromatic carbocycles. The average molecular weight is 215 g/mol. The van der Waals surface area contributed by atoms with Gasteiger partial charge in [-0.05, 0) is 74.2 Å². The Morgan fingerprint density at radius 1 is 1.19 bits per heavy atom. The Balaban J connectivity index is 1.87. The van der Waals surface area contributed by atoms with Crippen LogP contribution in [-0.4, -0.2) is 12.6 Å². The summed E-state index contributed by atoms with van der Waals surface area (Å²) >= 11 is 0. The zero-order valence-electron chi connectivity index (χ0n) is 10.2. The summed E-state index contributed by atoms with van der Waals surface area (Å²) in [5.74, 6) is 0. The van der Waals surface area contributed by atoms with Crippen LogP contribution in [0.25, 0.3) is 0 Å². The lowest BCUT2D eigenvalue weighted by atomic mass is 9.94. The Hall–Kier alpha value is -0.820. The summed E-state index contributed by atoms with van der Waals surface area (Å²) in [4.78, 5) is 0. The van der Waals surface area contributed by atoms with Crippen molar-refractivity contribution >= 4 is 0 Å². The van der Waals surface area contributed by atoms with Crippen LogP contribution in [0.1, 0.15) is 41.5 Å². The quantitative estimate of drug-likeness (QED) is 0.800. The molecule has 0 aromatic heterocycles. The first-order chi connectivity index (χ1) is 7.84. The van der Waals surface area contributed by atoms with E-state index in [0.29, 0.717) is 0 Å². The Morgan fingerprint density at radius 3 is 2.88 bits per heavy atom. The Bertz CT molecular complexity index is 389. The predicted molar refractivity (Wildman–Crippen MR) is 67.9 cm³/mol. The van der Waals surface area contributed by atoms with Crippen molar-refractivity contribution in [1.82, 2.24) is 5.32 Å². The van der Waals surface area contributed by atoms with E-state index >= 15 is 0 Å². The molecule has 1 heterocycles. The molecule has 1 heteroatoms. The lowest BCUT2D eigenvalue weighted by Gasteiger charge is -2.15. The lowest BCUT2D eigenvalue weighted by Crippen LogP contribution is -2.24. The van der Waals surface area contributed by atoms with Crippen LogP contribution in [-0.2, 0) is 19.3 Å². The fraction of sp³-hybridized carbons (Fsp3) is 0.600. The molecular formula is C15H21N. The van der Waals surface area contributed by atoms with Crippen LogP contribution in [0.2, 0.25) is 0 Å². The van der Waals surface area contributed by atoms with Gasteiger partial charge in [0, 0.05) is 6.04 Å². The summed E-state index contributed by atoms with van der Waals surface area (Å²) in [6, 6.07) is 5.45. The molecule has 1 fully saturated rings. The molecule has 0 amide bonds. The summed E-state index contributed by atoms with van der Waals surface area (Å²) < 4.78 is 0. The highest BCUT2D eigenvalue weighted by Gasteiger charge is 2.20. The molecule has 1 N–H and O–H groups in total. The molecule has 0 spiro atoms. The molecule has 0 radical (unpaired) electrons. The van der Waals surface area contributed by atoms with Gasteiger partial charge in [0.2, 0.25) is 0 Å². The third kappa shape index (κ3) is 1.78. The van der Waals surface area contributed by atoms with Gasteiger partial charge in [0.05, 0.1) is 0 Å². The van der Waals surface area contributed by atoms with Gasteiger partial charge in [0.25, 0.3) is 0 Å². The van der Waals surface area contributed by atoms with Crippen molar-refractivity contribution in [1.29, 1.82) is 0 Å². The van der Waals surface area contributed by atoms with Crippen molar-refractivity contribution in [3.05, 3.63) is 34.4 Å². The predicted octanol–water partition coefficient (Wildman–Crippen LogP) is 2.78. The molecule has 1 unspecified atom stereocenters. The largest absolute Gasteiger partial charge is 0.314 e. The molecule has 1 atom stereocenters. The fourth-order valence-corrected chi connectivity index (χ4v) is 3.35. The van der Waals surface area contributed by atoms with E-state index in [-0.39, 0.29) is 0 Å². The summed E-state index contributed by atoms with van der Waals surface area (Å²) in [5.41, 5.74) is 6.48. The summed E-state index contributed by atoms with van der Waals surface area (Å²) in [6.07, 6.45) is 7.97. The first kappa shape index (κ1) is 10.3. The molecule has 86 valence electrons. The molecular weight excluding hydrogens is 194 g/mol. The second kappa shape index (κ2) is 4.21. The van der Waals surface area contributed by atoms with Gasteiger partial charge in [-0.25, -0.2) is 0 Å². The van der Waals surface area contributed by atoms with Crippen molar-refractivity contribution in [3.8, 4) is 0 Å². The molecule has 1 aromatic rings. The maximum atomic E-state index is 3.61. The second-order valence-corrected chi connectivity index (χ2v) is 5.35. The van der Waals surface area contributed by atoms with Crippen molar-refractivity contribution < 1.29 is 0 Å². The molecule has 0 saturated carbocycles. The Kier molecular flexibility index (Phi) is 2.72. The minimum atomic E-state index is 0.743. The van der Waals surface area contributed by atoms with Gasteiger partial charge in [-0.2, -0.15) is 0 Å². The van der Waals surface area contributed by atoms with Crippen LogP contribution >= 0.6 is 0 Å². The third-order valence-electron chi connectivity index (χ3n) is 4.24. The number of rotatable bonds is 2. The van der Waals surface area contributed by atoms with Crippen LogP contribution in [0.4, 0.5) is 0 Å². The summed E-state index contributed by atoms with van der Waals surface area (Å²) in [7, 11) is 0. The van der Waals surface area contributed by atoms with Crippen molar-refractivity contribution in [3.63, 3.8) is 0 Å². The number of benzene rings is 1. The van der Waals surface area contributed by atoms with E-state index in [2.05, 4.69) is 24.4 Å². The van der Waals surface area contributed by atoms with E-state index in [1.165, 1.54) is 50.6 Å². The van der Waals surface area contributed by atoms with Gasteiger partial charge >= 0.3 is 0 Å². The highest BCUT2D eigenvalue weighted by Crippen LogP contribution is 2.29. The molecule has 1 saturated heterocycles. The minimum Gasteiger partial charge on any atom is -0.314 e. The molecule has 3 rings (SSSR count). The van der Waals surface area contributed by atoms with E-state index in [0.717, 1.165) is 6.04 Å². The number of hydrogen-bond donors (Lipinski definition) is 1. The maximum absolute atomic E-state index is 3.61. The van der Waals surface area contributed by atoms with Gasteiger partial charge in [0.1, 0.15) is 0 Å². The zero-order valence-corrected chi connectivity index (χ0v) is 10.2.